The van der Waals surface area contributed by atoms with Gasteiger partial charge in [-0.1, -0.05) is 25.1 Å². The molecule has 0 spiro atoms. The van der Waals surface area contributed by atoms with E-state index in [1.54, 1.807) is 0 Å². The molecule has 2 saturated carbocycles. The van der Waals surface area contributed by atoms with Gasteiger partial charge in [0.2, 0.25) is 5.82 Å². The third-order valence-electron chi connectivity index (χ3n) is 5.36. The molecule has 0 unspecified atom stereocenters. The average molecular weight is 338 g/mol. The molecule has 0 aliphatic heterocycles. The lowest BCUT2D eigenvalue weighted by Gasteiger charge is -2.25. The molecule has 2 atom stereocenters. The molecular formula is C20H26N4O. The van der Waals surface area contributed by atoms with Crippen LogP contribution in [0.5, 0.6) is 0 Å². The van der Waals surface area contributed by atoms with Crippen LogP contribution in [-0.2, 0) is 0 Å². The predicted molar refractivity (Wildman–Crippen MR) is 96.8 cm³/mol. The third-order valence-corrected chi connectivity index (χ3v) is 5.36. The van der Waals surface area contributed by atoms with Gasteiger partial charge >= 0.3 is 0 Å². The maximum atomic E-state index is 13.1. The fourth-order valence-corrected chi connectivity index (χ4v) is 3.34. The molecule has 4 rings (SSSR count). The van der Waals surface area contributed by atoms with E-state index in [1.807, 2.05) is 39.9 Å². The molecule has 0 saturated heterocycles. The Labute approximate surface area is 149 Å². The van der Waals surface area contributed by atoms with E-state index in [0.717, 1.165) is 36.8 Å². The van der Waals surface area contributed by atoms with E-state index in [-0.39, 0.29) is 11.9 Å². The first-order valence-electron chi connectivity index (χ1n) is 9.38. The van der Waals surface area contributed by atoms with Gasteiger partial charge in [0.15, 0.2) is 0 Å². The zero-order valence-electron chi connectivity index (χ0n) is 15.2. The van der Waals surface area contributed by atoms with E-state index in [2.05, 4.69) is 30.9 Å². The first-order chi connectivity index (χ1) is 12.0. The van der Waals surface area contributed by atoms with Crippen molar-refractivity contribution < 1.29 is 4.79 Å². The summed E-state index contributed by atoms with van der Waals surface area (Å²) in [6.45, 7) is 7.21. The molecule has 1 aromatic heterocycles. The number of para-hydroxylation sites is 1. The molecule has 0 N–H and O–H groups in total. The number of nitrogens with zero attached hydrogens (tertiary/aromatic N) is 4. The van der Waals surface area contributed by atoms with Crippen LogP contribution in [0.2, 0.25) is 0 Å². The highest BCUT2D eigenvalue weighted by atomic mass is 16.2. The van der Waals surface area contributed by atoms with E-state index in [0.29, 0.717) is 17.7 Å². The van der Waals surface area contributed by atoms with Crippen LogP contribution in [0.3, 0.4) is 0 Å². The maximum absolute atomic E-state index is 13.1. The highest BCUT2D eigenvalue weighted by molar-refractivity contribution is 5.90. The summed E-state index contributed by atoms with van der Waals surface area (Å²) in [5.41, 5.74) is 0.975. The van der Waals surface area contributed by atoms with Gasteiger partial charge in [0.25, 0.3) is 5.91 Å². The van der Waals surface area contributed by atoms with Gasteiger partial charge in [-0.25, -0.2) is 9.67 Å². The number of aromatic nitrogens is 3. The Morgan fingerprint density at radius 3 is 2.52 bits per heavy atom. The smallest absolute Gasteiger partial charge is 0.293 e. The third kappa shape index (κ3) is 3.32. The summed E-state index contributed by atoms with van der Waals surface area (Å²) in [6.07, 6.45) is 3.48. The molecule has 2 aromatic rings. The second-order valence-electron chi connectivity index (χ2n) is 7.84. The van der Waals surface area contributed by atoms with Crippen LogP contribution >= 0.6 is 0 Å². The molecule has 0 radical (unpaired) electrons. The largest absolute Gasteiger partial charge is 0.333 e. The minimum Gasteiger partial charge on any atom is -0.333 e. The molecule has 1 heterocycles. The van der Waals surface area contributed by atoms with Crippen LogP contribution in [0.25, 0.3) is 5.69 Å². The van der Waals surface area contributed by atoms with Crippen LogP contribution in [0.4, 0.5) is 0 Å². The molecule has 2 aliphatic carbocycles. The molecule has 132 valence electrons. The summed E-state index contributed by atoms with van der Waals surface area (Å²) in [5, 5.41) is 4.61. The fourth-order valence-electron chi connectivity index (χ4n) is 3.34. The van der Waals surface area contributed by atoms with E-state index in [9.17, 15) is 4.79 Å². The van der Waals surface area contributed by atoms with Crippen molar-refractivity contribution >= 4 is 5.91 Å². The van der Waals surface area contributed by atoms with Crippen molar-refractivity contribution in [1.82, 2.24) is 19.7 Å². The summed E-state index contributed by atoms with van der Waals surface area (Å²) < 4.78 is 1.86. The zero-order valence-corrected chi connectivity index (χ0v) is 15.2. The Kier molecular flexibility index (Phi) is 4.10. The lowest BCUT2D eigenvalue weighted by molar-refractivity contribution is 0.0681. The van der Waals surface area contributed by atoms with Gasteiger partial charge in [0.05, 0.1) is 5.69 Å². The molecular weight excluding hydrogens is 312 g/mol. The van der Waals surface area contributed by atoms with Crippen molar-refractivity contribution in [2.75, 3.05) is 6.54 Å². The standard InChI is InChI=1S/C20H26N4O/c1-13(2)23(12-16-11-14(16)3)20(25)18-21-19(15-9-10-15)24(22-18)17-7-5-4-6-8-17/h4-8,13-16H,9-12H2,1-3H3/t14-,16-/m0/s1. The Morgan fingerprint density at radius 1 is 1.28 bits per heavy atom. The average Bonchev–Trinajstić information content (AvgIpc) is 3.52. The maximum Gasteiger partial charge on any atom is 0.293 e. The van der Waals surface area contributed by atoms with Gasteiger partial charge in [-0.15, -0.1) is 5.10 Å². The predicted octanol–water partition coefficient (Wildman–Crippen LogP) is 3.65. The topological polar surface area (TPSA) is 51.0 Å². The first kappa shape index (κ1) is 16.3. The lowest BCUT2D eigenvalue weighted by atomic mass is 10.2. The number of rotatable bonds is 6. The van der Waals surface area contributed by atoms with Gasteiger partial charge in [-0.05, 0) is 57.1 Å². The normalized spacial score (nSPS) is 22.2. The zero-order chi connectivity index (χ0) is 17.6. The Morgan fingerprint density at radius 2 is 1.96 bits per heavy atom. The number of amides is 1. The van der Waals surface area contributed by atoms with E-state index < -0.39 is 0 Å². The van der Waals surface area contributed by atoms with Gasteiger partial charge in [-0.3, -0.25) is 4.79 Å². The molecule has 5 heteroatoms. The van der Waals surface area contributed by atoms with Crippen molar-refractivity contribution in [3.63, 3.8) is 0 Å². The summed E-state index contributed by atoms with van der Waals surface area (Å²) in [6, 6.07) is 10.2. The van der Waals surface area contributed by atoms with Crippen molar-refractivity contribution in [3.8, 4) is 5.69 Å². The molecule has 25 heavy (non-hydrogen) atoms. The number of benzene rings is 1. The Balaban J connectivity index is 1.64. The molecule has 2 fully saturated rings. The minimum absolute atomic E-state index is 0.0364. The Hall–Kier alpha value is -2.17. The van der Waals surface area contributed by atoms with E-state index in [4.69, 9.17) is 0 Å². The number of hydrogen-bond donors (Lipinski definition) is 0. The highest BCUT2D eigenvalue weighted by Gasteiger charge is 2.38. The number of carbonyl (C=O) groups excluding carboxylic acids is 1. The second-order valence-corrected chi connectivity index (χ2v) is 7.84. The molecule has 0 bridgehead atoms. The SMILES string of the molecule is CC(C)N(C[C@@H]1C[C@@H]1C)C(=O)c1nc(C2CC2)n(-c2ccccc2)n1. The second kappa shape index (κ2) is 6.28. The van der Waals surface area contributed by atoms with Crippen LogP contribution in [0, 0.1) is 11.8 Å². The van der Waals surface area contributed by atoms with Crippen LogP contribution < -0.4 is 0 Å². The molecule has 2 aliphatic rings. The van der Waals surface area contributed by atoms with Crippen LogP contribution in [0.15, 0.2) is 30.3 Å². The summed E-state index contributed by atoms with van der Waals surface area (Å²) in [4.78, 5) is 19.7. The van der Waals surface area contributed by atoms with E-state index in [1.165, 1.54) is 6.42 Å². The van der Waals surface area contributed by atoms with Crippen molar-refractivity contribution in [2.45, 2.75) is 52.0 Å². The Bertz CT molecular complexity index is 763. The van der Waals surface area contributed by atoms with Crippen molar-refractivity contribution in [1.29, 1.82) is 0 Å². The summed E-state index contributed by atoms with van der Waals surface area (Å²) in [7, 11) is 0. The van der Waals surface area contributed by atoms with Crippen LogP contribution in [0.1, 0.15) is 62.4 Å². The summed E-state index contributed by atoms with van der Waals surface area (Å²) >= 11 is 0. The minimum atomic E-state index is -0.0364. The monoisotopic (exact) mass is 338 g/mol. The van der Waals surface area contributed by atoms with Gasteiger partial charge in [0.1, 0.15) is 5.82 Å². The quantitative estimate of drug-likeness (QED) is 0.808. The molecule has 1 amide bonds. The number of carbonyl (C=O) groups is 1. The first-order valence-corrected chi connectivity index (χ1v) is 9.38. The summed E-state index contributed by atoms with van der Waals surface area (Å²) in [5.74, 6) is 3.03. The van der Waals surface area contributed by atoms with E-state index >= 15 is 0 Å². The lowest BCUT2D eigenvalue weighted by Crippen LogP contribution is -2.39. The van der Waals surface area contributed by atoms with Crippen molar-refractivity contribution in [3.05, 3.63) is 42.0 Å². The van der Waals surface area contributed by atoms with Gasteiger partial charge < -0.3 is 4.90 Å². The molecule has 1 aromatic carbocycles. The van der Waals surface area contributed by atoms with Gasteiger partial charge in [-0.2, -0.15) is 0 Å². The highest BCUT2D eigenvalue weighted by Crippen LogP contribution is 2.40. The van der Waals surface area contributed by atoms with Crippen LogP contribution in [-0.4, -0.2) is 38.2 Å². The van der Waals surface area contributed by atoms with Crippen molar-refractivity contribution in [2.24, 2.45) is 11.8 Å². The molecule has 5 nitrogen and oxygen atoms in total. The number of hydrogen-bond acceptors (Lipinski definition) is 3. The fraction of sp³-hybridized carbons (Fsp3) is 0.550. The van der Waals surface area contributed by atoms with Gasteiger partial charge in [0, 0.05) is 18.5 Å².